The highest BCUT2D eigenvalue weighted by atomic mass is 16.5. The molecule has 0 heterocycles. The molecule has 2 aromatic carbocycles. The van der Waals surface area contributed by atoms with Crippen LogP contribution >= 0.6 is 0 Å². The Labute approximate surface area is 127 Å². The van der Waals surface area contributed by atoms with Crippen molar-refractivity contribution in [3.05, 3.63) is 71.3 Å². The Morgan fingerprint density at radius 3 is 2.29 bits per heavy atom. The first-order chi connectivity index (χ1) is 10.3. The molecule has 0 amide bonds. The van der Waals surface area contributed by atoms with Crippen LogP contribution in [0.1, 0.15) is 16.7 Å². The predicted molar refractivity (Wildman–Crippen MR) is 86.6 cm³/mol. The summed E-state index contributed by atoms with van der Waals surface area (Å²) >= 11 is 0. The Morgan fingerprint density at radius 1 is 0.857 bits per heavy atom. The van der Waals surface area contributed by atoms with Gasteiger partial charge in [0.2, 0.25) is 0 Å². The maximum absolute atomic E-state index is 6.01. The van der Waals surface area contributed by atoms with Gasteiger partial charge in [0.05, 0.1) is 19.3 Å². The zero-order chi connectivity index (χ0) is 14.9. The molecule has 0 radical (unpaired) electrons. The molecule has 2 nitrogen and oxygen atoms in total. The summed E-state index contributed by atoms with van der Waals surface area (Å²) in [4.78, 5) is 0. The van der Waals surface area contributed by atoms with E-state index in [0.29, 0.717) is 13.2 Å². The van der Waals surface area contributed by atoms with E-state index < -0.39 is 0 Å². The Balaban J connectivity index is 2.01. The molecule has 1 unspecified atom stereocenters. The van der Waals surface area contributed by atoms with Gasteiger partial charge in [-0.25, -0.2) is 0 Å². The molecule has 0 N–H and O–H groups in total. The van der Waals surface area contributed by atoms with Gasteiger partial charge in [0.1, 0.15) is 0 Å². The minimum Gasteiger partial charge on any atom is -0.382 e. The van der Waals surface area contributed by atoms with Crippen LogP contribution in [0.3, 0.4) is 0 Å². The summed E-state index contributed by atoms with van der Waals surface area (Å²) in [5.74, 6) is 0. The molecule has 0 saturated heterocycles. The smallest absolute Gasteiger partial charge is 0.0704 e. The van der Waals surface area contributed by atoms with Crippen molar-refractivity contribution < 1.29 is 9.47 Å². The third kappa shape index (κ3) is 5.70. The monoisotopic (exact) mass is 284 g/mol. The van der Waals surface area contributed by atoms with E-state index in [4.69, 9.17) is 9.47 Å². The SMILES string of the molecule is COCCOC(Cc1ccccc1)Cc1cccc(C)c1. The van der Waals surface area contributed by atoms with Gasteiger partial charge in [0.15, 0.2) is 0 Å². The molecule has 0 aliphatic carbocycles. The highest BCUT2D eigenvalue weighted by Gasteiger charge is 2.11. The van der Waals surface area contributed by atoms with Gasteiger partial charge in [0, 0.05) is 7.11 Å². The molecular weight excluding hydrogens is 260 g/mol. The van der Waals surface area contributed by atoms with Crippen LogP contribution in [0.2, 0.25) is 0 Å². The van der Waals surface area contributed by atoms with E-state index in [1.54, 1.807) is 7.11 Å². The average Bonchev–Trinajstić information content (AvgIpc) is 2.48. The van der Waals surface area contributed by atoms with Crippen LogP contribution in [0.5, 0.6) is 0 Å². The second-order valence-corrected chi connectivity index (χ2v) is 5.37. The topological polar surface area (TPSA) is 18.5 Å². The molecule has 0 saturated carbocycles. The van der Waals surface area contributed by atoms with Crippen LogP contribution in [-0.4, -0.2) is 26.4 Å². The molecule has 0 aliphatic rings. The predicted octanol–water partition coefficient (Wildman–Crippen LogP) is 3.81. The van der Waals surface area contributed by atoms with Crippen molar-refractivity contribution in [1.29, 1.82) is 0 Å². The van der Waals surface area contributed by atoms with E-state index in [9.17, 15) is 0 Å². The third-order valence-electron chi connectivity index (χ3n) is 3.49. The fourth-order valence-corrected chi connectivity index (χ4v) is 2.47. The van der Waals surface area contributed by atoms with E-state index in [1.807, 2.05) is 6.07 Å². The fraction of sp³-hybridized carbons (Fsp3) is 0.368. The summed E-state index contributed by atoms with van der Waals surface area (Å²) in [6, 6.07) is 19.2. The minimum absolute atomic E-state index is 0.185. The number of hydrogen-bond acceptors (Lipinski definition) is 2. The van der Waals surface area contributed by atoms with Crippen molar-refractivity contribution in [2.24, 2.45) is 0 Å². The highest BCUT2D eigenvalue weighted by molar-refractivity contribution is 5.23. The summed E-state index contributed by atoms with van der Waals surface area (Å²) in [6.07, 6.45) is 2.04. The van der Waals surface area contributed by atoms with Crippen LogP contribution in [0.4, 0.5) is 0 Å². The molecule has 0 spiro atoms. The molecule has 0 bridgehead atoms. The molecule has 0 fully saturated rings. The summed E-state index contributed by atoms with van der Waals surface area (Å²) in [7, 11) is 1.70. The third-order valence-corrected chi connectivity index (χ3v) is 3.49. The number of aryl methyl sites for hydroxylation is 1. The molecule has 112 valence electrons. The Bertz CT molecular complexity index is 522. The normalized spacial score (nSPS) is 12.3. The highest BCUT2D eigenvalue weighted by Crippen LogP contribution is 2.13. The number of hydrogen-bond donors (Lipinski definition) is 0. The van der Waals surface area contributed by atoms with E-state index in [1.165, 1.54) is 16.7 Å². The molecule has 2 heteroatoms. The van der Waals surface area contributed by atoms with Crippen LogP contribution in [0, 0.1) is 6.92 Å². The van der Waals surface area contributed by atoms with Crippen LogP contribution in [0.15, 0.2) is 54.6 Å². The minimum atomic E-state index is 0.185. The summed E-state index contributed by atoms with van der Waals surface area (Å²) in [5, 5.41) is 0. The maximum atomic E-state index is 6.01. The second-order valence-electron chi connectivity index (χ2n) is 5.37. The van der Waals surface area contributed by atoms with Gasteiger partial charge in [-0.3, -0.25) is 0 Å². The van der Waals surface area contributed by atoms with Crippen LogP contribution < -0.4 is 0 Å². The van der Waals surface area contributed by atoms with Gasteiger partial charge in [-0.15, -0.1) is 0 Å². The summed E-state index contributed by atoms with van der Waals surface area (Å²) < 4.78 is 11.1. The quantitative estimate of drug-likeness (QED) is 0.686. The van der Waals surface area contributed by atoms with Gasteiger partial charge in [-0.2, -0.15) is 0 Å². The van der Waals surface area contributed by atoms with Crippen molar-refractivity contribution in [2.75, 3.05) is 20.3 Å². The Hall–Kier alpha value is -1.64. The lowest BCUT2D eigenvalue weighted by atomic mass is 10.00. The molecule has 21 heavy (non-hydrogen) atoms. The zero-order valence-corrected chi connectivity index (χ0v) is 12.9. The molecule has 2 rings (SSSR count). The van der Waals surface area contributed by atoms with E-state index in [0.717, 1.165) is 12.8 Å². The van der Waals surface area contributed by atoms with Gasteiger partial charge in [-0.1, -0.05) is 60.2 Å². The Morgan fingerprint density at radius 2 is 1.57 bits per heavy atom. The van der Waals surface area contributed by atoms with Gasteiger partial charge in [0.25, 0.3) is 0 Å². The summed E-state index contributed by atoms with van der Waals surface area (Å²) in [6.45, 7) is 3.40. The molecular formula is C19H24O2. The van der Waals surface area contributed by atoms with Crippen molar-refractivity contribution in [1.82, 2.24) is 0 Å². The lowest BCUT2D eigenvalue weighted by Crippen LogP contribution is -2.21. The lowest BCUT2D eigenvalue weighted by Gasteiger charge is -2.18. The summed E-state index contributed by atoms with van der Waals surface area (Å²) in [5.41, 5.74) is 3.93. The zero-order valence-electron chi connectivity index (χ0n) is 12.9. The van der Waals surface area contributed by atoms with E-state index >= 15 is 0 Å². The number of rotatable bonds is 8. The Kier molecular flexibility index (Phi) is 6.45. The van der Waals surface area contributed by atoms with E-state index in [-0.39, 0.29) is 6.10 Å². The van der Waals surface area contributed by atoms with Crippen molar-refractivity contribution >= 4 is 0 Å². The number of methoxy groups -OCH3 is 1. The van der Waals surface area contributed by atoms with Crippen molar-refractivity contribution in [2.45, 2.75) is 25.9 Å². The largest absolute Gasteiger partial charge is 0.382 e. The maximum Gasteiger partial charge on any atom is 0.0704 e. The molecule has 0 aromatic heterocycles. The van der Waals surface area contributed by atoms with Gasteiger partial charge < -0.3 is 9.47 Å². The molecule has 0 aliphatic heterocycles. The first-order valence-electron chi connectivity index (χ1n) is 7.48. The van der Waals surface area contributed by atoms with Gasteiger partial charge >= 0.3 is 0 Å². The van der Waals surface area contributed by atoms with Crippen molar-refractivity contribution in [3.63, 3.8) is 0 Å². The molecule has 2 aromatic rings. The number of benzene rings is 2. The van der Waals surface area contributed by atoms with E-state index in [2.05, 4.69) is 55.5 Å². The first-order valence-corrected chi connectivity index (χ1v) is 7.48. The van der Waals surface area contributed by atoms with Crippen LogP contribution in [-0.2, 0) is 22.3 Å². The van der Waals surface area contributed by atoms with Gasteiger partial charge in [-0.05, 0) is 30.9 Å². The average molecular weight is 284 g/mol. The molecule has 1 atom stereocenters. The second kappa shape index (κ2) is 8.60. The standard InChI is InChI=1S/C19H24O2/c1-16-7-6-10-18(13-16)15-19(21-12-11-20-2)14-17-8-4-3-5-9-17/h3-10,13,19H,11-12,14-15H2,1-2H3. The first kappa shape index (κ1) is 15.7. The number of ether oxygens (including phenoxy) is 2. The fourth-order valence-electron chi connectivity index (χ4n) is 2.47. The van der Waals surface area contributed by atoms with Crippen molar-refractivity contribution in [3.8, 4) is 0 Å². The lowest BCUT2D eigenvalue weighted by molar-refractivity contribution is 0.0178. The van der Waals surface area contributed by atoms with Crippen LogP contribution in [0.25, 0.3) is 0 Å².